The van der Waals surface area contributed by atoms with Gasteiger partial charge in [0.2, 0.25) is 0 Å². The lowest BCUT2D eigenvalue weighted by atomic mass is 10.5. The molecule has 0 unspecified atom stereocenters. The van der Waals surface area contributed by atoms with Crippen molar-refractivity contribution in [2.24, 2.45) is 0 Å². The Morgan fingerprint density at radius 2 is 2.23 bits per heavy atom. The van der Waals surface area contributed by atoms with Crippen LogP contribution in [0.15, 0.2) is 12.5 Å². The number of hydrogen-bond donors (Lipinski definition) is 0. The highest BCUT2D eigenvalue weighted by Gasteiger charge is 2.29. The fourth-order valence-corrected chi connectivity index (χ4v) is 0.961. The van der Waals surface area contributed by atoms with Gasteiger partial charge < -0.3 is 4.57 Å². The summed E-state index contributed by atoms with van der Waals surface area (Å²) in [6.45, 7) is -1.26. The number of halogens is 4. The molecule has 0 aliphatic carbocycles. The van der Waals surface area contributed by atoms with Crippen molar-refractivity contribution >= 4 is 16.8 Å². The number of hydrogen-bond acceptors (Lipinski definition) is 2. The number of rotatable bonds is 2. The van der Waals surface area contributed by atoms with Gasteiger partial charge in [0.25, 0.3) is 5.24 Å². The Morgan fingerprint density at radius 3 is 2.69 bits per heavy atom. The maximum atomic E-state index is 11.9. The van der Waals surface area contributed by atoms with Crippen LogP contribution in [0.1, 0.15) is 10.5 Å². The molecule has 7 heteroatoms. The average molecular weight is 213 g/mol. The van der Waals surface area contributed by atoms with Gasteiger partial charge in [-0.25, -0.2) is 4.98 Å². The number of aromatic nitrogens is 2. The second kappa shape index (κ2) is 3.37. The fraction of sp³-hybridized carbons (Fsp3) is 0.333. The smallest absolute Gasteiger partial charge is 0.318 e. The molecule has 13 heavy (non-hydrogen) atoms. The van der Waals surface area contributed by atoms with Crippen LogP contribution in [0.4, 0.5) is 13.2 Å². The first-order valence-electron chi connectivity index (χ1n) is 3.17. The van der Waals surface area contributed by atoms with E-state index in [9.17, 15) is 18.0 Å². The summed E-state index contributed by atoms with van der Waals surface area (Å²) >= 11 is 5.01. The van der Waals surface area contributed by atoms with Crippen LogP contribution >= 0.6 is 11.6 Å². The lowest BCUT2D eigenvalue weighted by molar-refractivity contribution is -0.140. The molecule has 0 radical (unpaired) electrons. The first-order valence-corrected chi connectivity index (χ1v) is 3.54. The van der Waals surface area contributed by atoms with Gasteiger partial charge in [0.05, 0.1) is 12.5 Å². The number of nitrogens with zero attached hydrogens (tertiary/aromatic N) is 2. The Labute approximate surface area is 76.1 Å². The van der Waals surface area contributed by atoms with Crippen molar-refractivity contribution in [3.63, 3.8) is 0 Å². The number of alkyl halides is 3. The molecule has 0 saturated carbocycles. The third-order valence-corrected chi connectivity index (χ3v) is 1.46. The molecule has 0 saturated heterocycles. The molecule has 0 aliphatic heterocycles. The van der Waals surface area contributed by atoms with Crippen molar-refractivity contribution in [1.29, 1.82) is 0 Å². The van der Waals surface area contributed by atoms with Crippen LogP contribution in [-0.2, 0) is 6.54 Å². The molecule has 0 bridgehead atoms. The zero-order chi connectivity index (χ0) is 10.1. The second-order valence-electron chi connectivity index (χ2n) is 2.30. The third-order valence-electron chi connectivity index (χ3n) is 1.26. The minimum absolute atomic E-state index is 0.265. The summed E-state index contributed by atoms with van der Waals surface area (Å²) in [5.41, 5.74) is -0.265. The minimum atomic E-state index is -4.39. The van der Waals surface area contributed by atoms with Crippen LogP contribution in [0.5, 0.6) is 0 Å². The Morgan fingerprint density at radius 1 is 1.62 bits per heavy atom. The van der Waals surface area contributed by atoms with Crippen molar-refractivity contribution in [2.75, 3.05) is 0 Å². The van der Waals surface area contributed by atoms with Crippen molar-refractivity contribution < 1.29 is 18.0 Å². The molecule has 1 heterocycles. The quantitative estimate of drug-likeness (QED) is 0.701. The lowest BCUT2D eigenvalue weighted by Gasteiger charge is -2.08. The van der Waals surface area contributed by atoms with E-state index in [2.05, 4.69) is 4.98 Å². The Hall–Kier alpha value is -1.04. The Bertz CT molecular complexity index is 320. The van der Waals surface area contributed by atoms with Gasteiger partial charge in [-0.3, -0.25) is 4.79 Å². The van der Waals surface area contributed by atoms with Crippen molar-refractivity contribution in [3.05, 3.63) is 18.2 Å². The lowest BCUT2D eigenvalue weighted by Crippen LogP contribution is -2.19. The van der Waals surface area contributed by atoms with E-state index in [1.165, 1.54) is 0 Å². The largest absolute Gasteiger partial charge is 0.406 e. The molecule has 0 amide bonds. The first kappa shape index (κ1) is 10.0. The van der Waals surface area contributed by atoms with E-state index in [1.807, 2.05) is 0 Å². The van der Waals surface area contributed by atoms with E-state index >= 15 is 0 Å². The highest BCUT2D eigenvalue weighted by Crippen LogP contribution is 2.18. The maximum Gasteiger partial charge on any atom is 0.406 e. The summed E-state index contributed by atoms with van der Waals surface area (Å²) in [6, 6.07) is 0. The van der Waals surface area contributed by atoms with Crippen LogP contribution in [0.25, 0.3) is 0 Å². The predicted molar refractivity (Wildman–Crippen MR) is 38.5 cm³/mol. The van der Waals surface area contributed by atoms with E-state index in [1.54, 1.807) is 0 Å². The van der Waals surface area contributed by atoms with Gasteiger partial charge in [0.1, 0.15) is 12.2 Å². The zero-order valence-corrected chi connectivity index (χ0v) is 6.93. The molecule has 3 nitrogen and oxygen atoms in total. The zero-order valence-electron chi connectivity index (χ0n) is 6.18. The molecule has 0 spiro atoms. The van der Waals surface area contributed by atoms with Crippen molar-refractivity contribution in [3.8, 4) is 0 Å². The normalized spacial score (nSPS) is 11.7. The Kier molecular flexibility index (Phi) is 2.60. The van der Waals surface area contributed by atoms with Gasteiger partial charge in [-0.15, -0.1) is 0 Å². The summed E-state index contributed by atoms with van der Waals surface area (Å²) < 4.78 is 36.2. The van der Waals surface area contributed by atoms with Crippen LogP contribution in [-0.4, -0.2) is 21.0 Å². The first-order chi connectivity index (χ1) is 5.90. The highest BCUT2D eigenvalue weighted by atomic mass is 35.5. The third kappa shape index (κ3) is 2.73. The van der Waals surface area contributed by atoms with Gasteiger partial charge in [-0.2, -0.15) is 13.2 Å². The predicted octanol–water partition coefficient (Wildman–Crippen LogP) is 1.82. The molecule has 1 aromatic heterocycles. The maximum absolute atomic E-state index is 11.9. The average Bonchev–Trinajstić information content (AvgIpc) is 2.31. The molecule has 1 aromatic rings. The minimum Gasteiger partial charge on any atom is -0.318 e. The van der Waals surface area contributed by atoms with E-state index < -0.39 is 18.0 Å². The topological polar surface area (TPSA) is 34.9 Å². The summed E-state index contributed by atoms with van der Waals surface area (Å²) in [5, 5.41) is -0.957. The molecule has 0 aromatic carbocycles. The number of carbonyl (C=O) groups is 1. The molecule has 72 valence electrons. The van der Waals surface area contributed by atoms with Gasteiger partial charge in [-0.05, 0) is 11.6 Å². The number of carbonyl (C=O) groups excluding carboxylic acids is 1. The van der Waals surface area contributed by atoms with Gasteiger partial charge in [0, 0.05) is 0 Å². The molecular formula is C6H4ClF3N2O. The van der Waals surface area contributed by atoms with E-state index in [0.717, 1.165) is 12.5 Å². The van der Waals surface area contributed by atoms with Crippen molar-refractivity contribution in [1.82, 2.24) is 9.55 Å². The van der Waals surface area contributed by atoms with E-state index in [4.69, 9.17) is 11.6 Å². The number of imidazole rings is 1. The molecule has 0 fully saturated rings. The molecular weight excluding hydrogens is 209 g/mol. The summed E-state index contributed by atoms with van der Waals surface area (Å²) in [5.74, 6) is 0. The van der Waals surface area contributed by atoms with Crippen LogP contribution < -0.4 is 0 Å². The standard InChI is InChI=1S/C6H4ClF3N2O/c7-5(13)4-1-11-3-12(4)2-6(8,9)10/h1,3H,2H2. The Balaban J connectivity index is 2.89. The van der Waals surface area contributed by atoms with E-state index in [0.29, 0.717) is 4.57 Å². The molecule has 1 rings (SSSR count). The SMILES string of the molecule is O=C(Cl)c1cncn1CC(F)(F)F. The van der Waals surface area contributed by atoms with Crippen LogP contribution in [0.2, 0.25) is 0 Å². The summed E-state index contributed by atoms with van der Waals surface area (Å²) in [6.07, 6.45) is -2.49. The summed E-state index contributed by atoms with van der Waals surface area (Å²) in [7, 11) is 0. The van der Waals surface area contributed by atoms with Gasteiger partial charge in [-0.1, -0.05) is 0 Å². The fourth-order valence-electron chi connectivity index (χ4n) is 0.804. The molecule has 0 N–H and O–H groups in total. The summed E-state index contributed by atoms with van der Waals surface area (Å²) in [4.78, 5) is 13.9. The van der Waals surface area contributed by atoms with Crippen LogP contribution in [0, 0.1) is 0 Å². The van der Waals surface area contributed by atoms with E-state index in [-0.39, 0.29) is 5.69 Å². The van der Waals surface area contributed by atoms with Gasteiger partial charge in [0.15, 0.2) is 0 Å². The highest BCUT2D eigenvalue weighted by molar-refractivity contribution is 6.67. The van der Waals surface area contributed by atoms with Crippen molar-refractivity contribution in [2.45, 2.75) is 12.7 Å². The molecule has 0 aliphatic rings. The van der Waals surface area contributed by atoms with Gasteiger partial charge >= 0.3 is 6.18 Å². The second-order valence-corrected chi connectivity index (χ2v) is 2.64. The van der Waals surface area contributed by atoms with Crippen LogP contribution in [0.3, 0.4) is 0 Å². The molecule has 0 atom stereocenters. The monoisotopic (exact) mass is 212 g/mol.